The number of nitrogens with one attached hydrogen (secondary N) is 1. The van der Waals surface area contributed by atoms with Crippen LogP contribution in [0.15, 0.2) is 24.8 Å². The summed E-state index contributed by atoms with van der Waals surface area (Å²) < 4.78 is 33.4. The molecule has 1 aromatic rings. The summed E-state index contributed by atoms with van der Waals surface area (Å²) in [7, 11) is 1.39. The highest BCUT2D eigenvalue weighted by Crippen LogP contribution is 2.32. The fourth-order valence-electron chi connectivity index (χ4n) is 2.60. The molecule has 1 aliphatic heterocycles. The Hall–Kier alpha value is -1.46. The van der Waals surface area contributed by atoms with Gasteiger partial charge in [0, 0.05) is 49.9 Å². The molecule has 0 unspecified atom stereocenters. The molecule has 0 saturated carbocycles. The van der Waals surface area contributed by atoms with Crippen LogP contribution < -0.4 is 10.1 Å². The van der Waals surface area contributed by atoms with Crippen molar-refractivity contribution in [3.63, 3.8) is 0 Å². The Morgan fingerprint density at radius 3 is 2.45 bits per heavy atom. The summed E-state index contributed by atoms with van der Waals surface area (Å²) in [4.78, 5) is 2.09. The number of nitrogens with zero attached hydrogens (tertiary/aromatic N) is 1. The average Bonchev–Trinajstić information content (AvgIpc) is 2.46. The fourth-order valence-corrected chi connectivity index (χ4v) is 2.60. The zero-order valence-electron chi connectivity index (χ0n) is 11.7. The molecule has 1 aliphatic rings. The minimum absolute atomic E-state index is 0.104. The molecular weight excluding hydrogens is 262 g/mol. The van der Waals surface area contributed by atoms with Gasteiger partial charge in [-0.25, -0.2) is 8.78 Å². The van der Waals surface area contributed by atoms with Gasteiger partial charge in [-0.15, -0.1) is 6.58 Å². The Bertz CT molecular complexity index is 450. The quantitative estimate of drug-likeness (QED) is 0.840. The van der Waals surface area contributed by atoms with Crippen molar-refractivity contribution in [1.82, 2.24) is 10.2 Å². The molecule has 0 bridgehead atoms. The van der Waals surface area contributed by atoms with Crippen molar-refractivity contribution in [3.8, 4) is 5.75 Å². The predicted octanol–water partition coefficient (Wildman–Crippen LogP) is 2.50. The number of ether oxygens (including phenoxy) is 1. The third-order valence-electron chi connectivity index (χ3n) is 3.60. The van der Waals surface area contributed by atoms with Crippen molar-refractivity contribution in [2.45, 2.75) is 12.5 Å². The van der Waals surface area contributed by atoms with Crippen molar-refractivity contribution in [2.75, 3.05) is 33.3 Å². The summed E-state index contributed by atoms with van der Waals surface area (Å²) in [5.41, 5.74) is 0.104. The Morgan fingerprint density at radius 1 is 1.35 bits per heavy atom. The highest BCUT2D eigenvalue weighted by Gasteiger charge is 2.27. The van der Waals surface area contributed by atoms with E-state index >= 15 is 0 Å². The third kappa shape index (κ3) is 3.16. The van der Waals surface area contributed by atoms with E-state index < -0.39 is 11.6 Å². The Balaban J connectivity index is 2.35. The number of methoxy groups -OCH3 is 1. The minimum atomic E-state index is -0.563. The molecule has 1 aromatic carbocycles. The van der Waals surface area contributed by atoms with Crippen LogP contribution in [0.25, 0.3) is 0 Å². The lowest BCUT2D eigenvalue weighted by Crippen LogP contribution is -2.45. The molecule has 1 atom stereocenters. The van der Waals surface area contributed by atoms with Crippen molar-refractivity contribution in [2.24, 2.45) is 0 Å². The second-order valence-electron chi connectivity index (χ2n) is 4.83. The molecule has 2 rings (SSSR count). The summed E-state index contributed by atoms with van der Waals surface area (Å²) in [5, 5.41) is 3.24. The lowest BCUT2D eigenvalue weighted by molar-refractivity contribution is 0.167. The summed E-state index contributed by atoms with van der Waals surface area (Å²) in [6.07, 6.45) is 2.22. The van der Waals surface area contributed by atoms with Gasteiger partial charge in [0.15, 0.2) is 0 Å². The lowest BCUT2D eigenvalue weighted by atomic mass is 9.99. The smallest absolute Gasteiger partial charge is 0.134 e. The first-order valence-electron chi connectivity index (χ1n) is 6.76. The number of hydrogen-bond acceptors (Lipinski definition) is 3. The average molecular weight is 282 g/mol. The van der Waals surface area contributed by atoms with Gasteiger partial charge in [0.2, 0.25) is 0 Å². The Labute approximate surface area is 118 Å². The summed E-state index contributed by atoms with van der Waals surface area (Å²) in [6, 6.07) is 2.15. The SMILES string of the molecule is C=CC[C@H](c1c(F)cc(OC)cc1F)N1CCNCC1. The van der Waals surface area contributed by atoms with Gasteiger partial charge in [0.05, 0.1) is 7.11 Å². The maximum Gasteiger partial charge on any atom is 0.134 e. The second-order valence-corrected chi connectivity index (χ2v) is 4.83. The fraction of sp³-hybridized carbons (Fsp3) is 0.467. The molecule has 1 fully saturated rings. The van der Waals surface area contributed by atoms with E-state index in [4.69, 9.17) is 4.74 Å². The summed E-state index contributed by atoms with van der Waals surface area (Å²) >= 11 is 0. The standard InChI is InChI=1S/C15H20F2N2O/c1-3-4-14(19-7-5-18-6-8-19)15-12(16)9-11(20-2)10-13(15)17/h3,9-10,14,18H,1,4-8H2,2H3/t14-/m1/s1. The number of rotatable bonds is 5. The van der Waals surface area contributed by atoms with E-state index in [0.29, 0.717) is 6.42 Å². The van der Waals surface area contributed by atoms with E-state index in [1.807, 2.05) is 0 Å². The first-order chi connectivity index (χ1) is 9.67. The largest absolute Gasteiger partial charge is 0.497 e. The van der Waals surface area contributed by atoms with Crippen LogP contribution >= 0.6 is 0 Å². The zero-order chi connectivity index (χ0) is 14.5. The second kappa shape index (κ2) is 6.81. The molecule has 0 aromatic heterocycles. The van der Waals surface area contributed by atoms with E-state index in [1.54, 1.807) is 6.08 Å². The molecule has 0 radical (unpaired) electrons. The van der Waals surface area contributed by atoms with Crippen LogP contribution in [-0.4, -0.2) is 38.2 Å². The highest BCUT2D eigenvalue weighted by molar-refractivity contribution is 5.33. The number of hydrogen-bond donors (Lipinski definition) is 1. The summed E-state index contributed by atoms with van der Waals surface area (Å²) in [5.74, 6) is -0.930. The maximum absolute atomic E-state index is 14.2. The summed E-state index contributed by atoms with van der Waals surface area (Å²) in [6.45, 7) is 6.89. The first kappa shape index (κ1) is 14.9. The van der Waals surface area contributed by atoms with Crippen LogP contribution in [-0.2, 0) is 0 Å². The molecule has 0 aliphatic carbocycles. The van der Waals surface area contributed by atoms with E-state index in [0.717, 1.165) is 26.2 Å². The van der Waals surface area contributed by atoms with E-state index in [9.17, 15) is 8.78 Å². The molecule has 110 valence electrons. The molecule has 1 heterocycles. The van der Waals surface area contributed by atoms with Crippen molar-refractivity contribution < 1.29 is 13.5 Å². The molecule has 0 spiro atoms. The van der Waals surface area contributed by atoms with E-state index in [-0.39, 0.29) is 17.4 Å². The van der Waals surface area contributed by atoms with Gasteiger partial charge >= 0.3 is 0 Å². The van der Waals surface area contributed by atoms with Crippen LogP contribution in [0.4, 0.5) is 8.78 Å². The van der Waals surface area contributed by atoms with Crippen molar-refractivity contribution in [1.29, 1.82) is 0 Å². The number of benzene rings is 1. The zero-order valence-corrected chi connectivity index (χ0v) is 11.7. The van der Waals surface area contributed by atoms with Gasteiger partial charge in [0.1, 0.15) is 17.4 Å². The van der Waals surface area contributed by atoms with Crippen molar-refractivity contribution in [3.05, 3.63) is 42.0 Å². The molecule has 3 nitrogen and oxygen atoms in total. The molecule has 1 saturated heterocycles. The van der Waals surface area contributed by atoms with Crippen LogP contribution in [0.1, 0.15) is 18.0 Å². The van der Waals surface area contributed by atoms with Crippen LogP contribution in [0, 0.1) is 11.6 Å². The van der Waals surface area contributed by atoms with Gasteiger partial charge in [-0.1, -0.05) is 6.08 Å². The Kier molecular flexibility index (Phi) is 5.09. The molecule has 1 N–H and O–H groups in total. The van der Waals surface area contributed by atoms with Crippen LogP contribution in [0.2, 0.25) is 0 Å². The minimum Gasteiger partial charge on any atom is -0.497 e. The number of piperazine rings is 1. The van der Waals surface area contributed by atoms with Gasteiger partial charge in [-0.2, -0.15) is 0 Å². The van der Waals surface area contributed by atoms with Gasteiger partial charge in [0.25, 0.3) is 0 Å². The van der Waals surface area contributed by atoms with Gasteiger partial charge in [-0.3, -0.25) is 4.90 Å². The predicted molar refractivity (Wildman–Crippen MR) is 74.9 cm³/mol. The van der Waals surface area contributed by atoms with Crippen molar-refractivity contribution >= 4 is 0 Å². The Morgan fingerprint density at radius 2 is 1.95 bits per heavy atom. The van der Waals surface area contributed by atoms with Crippen LogP contribution in [0.5, 0.6) is 5.75 Å². The molecule has 20 heavy (non-hydrogen) atoms. The lowest BCUT2D eigenvalue weighted by Gasteiger charge is -2.35. The van der Waals surface area contributed by atoms with E-state index in [2.05, 4.69) is 16.8 Å². The monoisotopic (exact) mass is 282 g/mol. The molecular formula is C15H20F2N2O. The van der Waals surface area contributed by atoms with Gasteiger partial charge in [-0.05, 0) is 6.42 Å². The normalized spacial score (nSPS) is 17.8. The number of halogens is 2. The maximum atomic E-state index is 14.2. The third-order valence-corrected chi connectivity index (χ3v) is 3.60. The van der Waals surface area contributed by atoms with E-state index in [1.165, 1.54) is 19.2 Å². The van der Waals surface area contributed by atoms with Crippen LogP contribution in [0.3, 0.4) is 0 Å². The topological polar surface area (TPSA) is 24.5 Å². The van der Waals surface area contributed by atoms with Gasteiger partial charge < -0.3 is 10.1 Å². The first-order valence-corrected chi connectivity index (χ1v) is 6.76. The highest BCUT2D eigenvalue weighted by atomic mass is 19.1. The molecule has 0 amide bonds. The molecule has 5 heteroatoms.